The number of carboxylic acids is 1. The highest BCUT2D eigenvalue weighted by Crippen LogP contribution is 2.25. The van der Waals surface area contributed by atoms with E-state index in [1.165, 1.54) is 0 Å². The lowest BCUT2D eigenvalue weighted by molar-refractivity contribution is 0.0687. The van der Waals surface area contributed by atoms with E-state index in [9.17, 15) is 4.79 Å². The maximum atomic E-state index is 10.9. The average molecular weight is 224 g/mol. The molecule has 3 nitrogen and oxygen atoms in total. The number of nitrogens with zero attached hydrogens (tertiary/aromatic N) is 1. The fourth-order valence-corrected chi connectivity index (χ4v) is 1.84. The number of benzene rings is 1. The molecule has 0 spiro atoms. The molecule has 0 aliphatic carbocycles. The Balaban J connectivity index is 2.83. The van der Waals surface area contributed by atoms with E-state index in [4.69, 9.17) is 16.7 Å². The number of fused-ring (bicyclic) bond motifs is 1. The second-order valence-electron chi connectivity index (χ2n) is 3.55. The molecule has 15 heavy (non-hydrogen) atoms. The van der Waals surface area contributed by atoms with Crippen LogP contribution in [0, 0.1) is 6.92 Å². The van der Waals surface area contributed by atoms with Crippen LogP contribution in [-0.2, 0) is 7.05 Å². The summed E-state index contributed by atoms with van der Waals surface area (Å²) in [5.74, 6) is -0.928. The summed E-state index contributed by atoms with van der Waals surface area (Å²) in [4.78, 5) is 10.9. The second-order valence-corrected chi connectivity index (χ2v) is 3.96. The number of aromatic nitrogens is 1. The van der Waals surface area contributed by atoms with Gasteiger partial charge in [0.05, 0.1) is 0 Å². The van der Waals surface area contributed by atoms with Crippen molar-refractivity contribution in [1.29, 1.82) is 0 Å². The zero-order chi connectivity index (χ0) is 11.2. The van der Waals surface area contributed by atoms with Crippen molar-refractivity contribution < 1.29 is 9.90 Å². The summed E-state index contributed by atoms with van der Waals surface area (Å²) in [6.45, 7) is 1.90. The first-order valence-corrected chi connectivity index (χ1v) is 4.87. The van der Waals surface area contributed by atoms with Gasteiger partial charge in [-0.05, 0) is 30.7 Å². The van der Waals surface area contributed by atoms with Gasteiger partial charge in [0.1, 0.15) is 5.69 Å². The molecule has 1 N–H and O–H groups in total. The molecule has 0 saturated carbocycles. The Labute approximate surface area is 91.9 Å². The summed E-state index contributed by atoms with van der Waals surface area (Å²) in [5, 5.41) is 10.5. The summed E-state index contributed by atoms with van der Waals surface area (Å²) in [7, 11) is 1.74. The Bertz CT molecular complexity index is 557. The van der Waals surface area contributed by atoms with Crippen LogP contribution in [0.1, 0.15) is 16.1 Å². The lowest BCUT2D eigenvalue weighted by Crippen LogP contribution is -2.03. The van der Waals surface area contributed by atoms with Gasteiger partial charge in [0.2, 0.25) is 0 Å². The van der Waals surface area contributed by atoms with E-state index in [0.717, 1.165) is 16.5 Å². The third-order valence-corrected chi connectivity index (χ3v) is 2.95. The molecule has 0 unspecified atom stereocenters. The molecule has 0 radical (unpaired) electrons. The van der Waals surface area contributed by atoms with E-state index in [1.54, 1.807) is 23.7 Å². The van der Waals surface area contributed by atoms with Crippen molar-refractivity contribution in [3.05, 3.63) is 34.5 Å². The van der Waals surface area contributed by atoms with Crippen molar-refractivity contribution in [2.24, 2.45) is 7.05 Å². The zero-order valence-electron chi connectivity index (χ0n) is 8.41. The molecule has 0 saturated heterocycles. The van der Waals surface area contributed by atoms with Crippen LogP contribution < -0.4 is 0 Å². The summed E-state index contributed by atoms with van der Waals surface area (Å²) in [6.07, 6.45) is 0. The Morgan fingerprint density at radius 1 is 1.40 bits per heavy atom. The number of carboxylic acid groups (broad SMARTS) is 1. The molecule has 0 fully saturated rings. The van der Waals surface area contributed by atoms with Gasteiger partial charge in [-0.1, -0.05) is 11.6 Å². The molecule has 4 heteroatoms. The Kier molecular flexibility index (Phi) is 2.20. The smallest absolute Gasteiger partial charge is 0.352 e. The number of aryl methyl sites for hydroxylation is 2. The Hall–Kier alpha value is -1.48. The molecular weight excluding hydrogens is 214 g/mol. The number of carbonyl (C=O) groups is 1. The quantitative estimate of drug-likeness (QED) is 0.808. The molecule has 0 aliphatic heterocycles. The fourth-order valence-electron chi connectivity index (χ4n) is 1.67. The van der Waals surface area contributed by atoms with Crippen LogP contribution in [0.3, 0.4) is 0 Å². The zero-order valence-corrected chi connectivity index (χ0v) is 9.17. The molecule has 2 rings (SSSR count). The van der Waals surface area contributed by atoms with Crippen LogP contribution in [-0.4, -0.2) is 15.6 Å². The lowest BCUT2D eigenvalue weighted by Gasteiger charge is -2.01. The first-order valence-electron chi connectivity index (χ1n) is 4.49. The highest BCUT2D eigenvalue weighted by atomic mass is 35.5. The molecule has 1 heterocycles. The molecule has 0 aliphatic rings. The van der Waals surface area contributed by atoms with Gasteiger partial charge < -0.3 is 9.67 Å². The standard InChI is InChI=1S/C11H10ClNO2/c1-6-3-9-7(4-8(6)12)5-10(11(14)15)13(9)2/h3-5H,1-2H3,(H,14,15). The first-order chi connectivity index (χ1) is 7.00. The summed E-state index contributed by atoms with van der Waals surface area (Å²) in [5.41, 5.74) is 2.10. The van der Waals surface area contributed by atoms with Crippen LogP contribution in [0.25, 0.3) is 10.9 Å². The number of aromatic carboxylic acids is 1. The van der Waals surface area contributed by atoms with E-state index < -0.39 is 5.97 Å². The third kappa shape index (κ3) is 1.49. The van der Waals surface area contributed by atoms with E-state index in [2.05, 4.69) is 0 Å². The van der Waals surface area contributed by atoms with Crippen LogP contribution in [0.2, 0.25) is 5.02 Å². The predicted octanol–water partition coefficient (Wildman–Crippen LogP) is 2.84. The van der Waals surface area contributed by atoms with E-state index in [1.807, 2.05) is 13.0 Å². The van der Waals surface area contributed by atoms with Crippen LogP contribution in [0.15, 0.2) is 18.2 Å². The van der Waals surface area contributed by atoms with E-state index >= 15 is 0 Å². The van der Waals surface area contributed by atoms with Gasteiger partial charge in [0.25, 0.3) is 0 Å². The Morgan fingerprint density at radius 3 is 2.67 bits per heavy atom. The summed E-state index contributed by atoms with van der Waals surface area (Å²) < 4.78 is 1.65. The van der Waals surface area contributed by atoms with Gasteiger partial charge in [0.15, 0.2) is 0 Å². The molecule has 78 valence electrons. The minimum absolute atomic E-state index is 0.270. The van der Waals surface area contributed by atoms with Gasteiger partial charge in [0, 0.05) is 23.0 Å². The number of hydrogen-bond donors (Lipinski definition) is 1. The Morgan fingerprint density at radius 2 is 2.07 bits per heavy atom. The van der Waals surface area contributed by atoms with Crippen LogP contribution in [0.4, 0.5) is 0 Å². The van der Waals surface area contributed by atoms with Crippen molar-refractivity contribution in [1.82, 2.24) is 4.57 Å². The van der Waals surface area contributed by atoms with Crippen molar-refractivity contribution in [3.63, 3.8) is 0 Å². The van der Waals surface area contributed by atoms with Crippen molar-refractivity contribution >= 4 is 28.5 Å². The molecule has 0 bridgehead atoms. The highest BCUT2D eigenvalue weighted by molar-refractivity contribution is 6.32. The maximum absolute atomic E-state index is 10.9. The van der Waals surface area contributed by atoms with E-state index in [-0.39, 0.29) is 5.69 Å². The van der Waals surface area contributed by atoms with Gasteiger partial charge >= 0.3 is 5.97 Å². The minimum atomic E-state index is -0.928. The van der Waals surface area contributed by atoms with Gasteiger partial charge in [-0.3, -0.25) is 0 Å². The summed E-state index contributed by atoms with van der Waals surface area (Å²) in [6, 6.07) is 5.31. The third-order valence-electron chi connectivity index (χ3n) is 2.54. The van der Waals surface area contributed by atoms with Crippen LogP contribution in [0.5, 0.6) is 0 Å². The molecule has 1 aromatic carbocycles. The molecule has 0 amide bonds. The number of halogens is 1. The first kappa shape index (κ1) is 10.1. The van der Waals surface area contributed by atoms with Gasteiger partial charge in [-0.15, -0.1) is 0 Å². The molecular formula is C11H10ClNO2. The normalized spacial score (nSPS) is 10.9. The molecule has 2 aromatic rings. The predicted molar refractivity (Wildman–Crippen MR) is 59.6 cm³/mol. The SMILES string of the molecule is Cc1cc2c(cc1Cl)cc(C(=O)O)n2C. The van der Waals surface area contributed by atoms with Crippen molar-refractivity contribution in [3.8, 4) is 0 Å². The lowest BCUT2D eigenvalue weighted by atomic mass is 10.2. The molecule has 0 atom stereocenters. The fraction of sp³-hybridized carbons (Fsp3) is 0.182. The van der Waals surface area contributed by atoms with Crippen molar-refractivity contribution in [2.75, 3.05) is 0 Å². The topological polar surface area (TPSA) is 42.2 Å². The van der Waals surface area contributed by atoms with Crippen molar-refractivity contribution in [2.45, 2.75) is 6.92 Å². The molecule has 1 aromatic heterocycles. The monoisotopic (exact) mass is 223 g/mol. The average Bonchev–Trinajstić information content (AvgIpc) is 2.46. The second kappa shape index (κ2) is 3.28. The van der Waals surface area contributed by atoms with E-state index in [0.29, 0.717) is 5.02 Å². The van der Waals surface area contributed by atoms with Gasteiger partial charge in [-0.2, -0.15) is 0 Å². The van der Waals surface area contributed by atoms with Gasteiger partial charge in [-0.25, -0.2) is 4.79 Å². The number of rotatable bonds is 1. The maximum Gasteiger partial charge on any atom is 0.352 e. The number of hydrogen-bond acceptors (Lipinski definition) is 1. The summed E-state index contributed by atoms with van der Waals surface area (Å²) >= 11 is 5.97. The minimum Gasteiger partial charge on any atom is -0.477 e. The van der Waals surface area contributed by atoms with Crippen LogP contribution >= 0.6 is 11.6 Å². The largest absolute Gasteiger partial charge is 0.477 e. The highest BCUT2D eigenvalue weighted by Gasteiger charge is 2.12.